The molecule has 1 aromatic carbocycles. The molecule has 0 spiro atoms. The van der Waals surface area contributed by atoms with Gasteiger partial charge in [0.15, 0.2) is 0 Å². The van der Waals surface area contributed by atoms with Crippen LogP contribution in [0.1, 0.15) is 32.6 Å². The highest BCUT2D eigenvalue weighted by Crippen LogP contribution is 2.30. The first-order chi connectivity index (χ1) is 9.54. The molecule has 0 amide bonds. The van der Waals surface area contributed by atoms with Crippen LogP contribution >= 0.6 is 11.6 Å². The normalized spacial score (nSPS) is 22.5. The second kappa shape index (κ2) is 6.98. The van der Waals surface area contributed by atoms with Crippen LogP contribution in [0, 0.1) is 11.8 Å². The number of benzene rings is 1. The molecule has 0 aromatic heterocycles. The Balaban J connectivity index is 2.06. The maximum atomic E-state index is 11.1. The molecule has 0 saturated heterocycles. The van der Waals surface area contributed by atoms with Crippen molar-refractivity contribution < 1.29 is 9.90 Å². The topological polar surface area (TPSA) is 40.5 Å². The Labute approximate surface area is 125 Å². The summed E-state index contributed by atoms with van der Waals surface area (Å²) >= 11 is 5.90. The van der Waals surface area contributed by atoms with Gasteiger partial charge in [0, 0.05) is 17.3 Å². The third kappa shape index (κ3) is 4.41. The van der Waals surface area contributed by atoms with Gasteiger partial charge in [0.05, 0.1) is 0 Å². The zero-order valence-electron chi connectivity index (χ0n) is 11.9. The third-order valence-corrected chi connectivity index (χ3v) is 4.29. The average Bonchev–Trinajstić information content (AvgIpc) is 2.38. The largest absolute Gasteiger partial charge is 0.480 e. The quantitative estimate of drug-likeness (QED) is 0.890. The standard InChI is InChI=1S/C16H22ClNO2/c1-12-3-2-4-13(9-12)10-18(11-16(19)20)15-7-5-14(17)6-8-15/h5-8,12-13H,2-4,9-11H2,1H3,(H,19,20). The molecule has 2 unspecified atom stereocenters. The number of carbonyl (C=O) groups is 1. The van der Waals surface area contributed by atoms with E-state index in [0.29, 0.717) is 10.9 Å². The summed E-state index contributed by atoms with van der Waals surface area (Å²) in [5.74, 6) is 0.559. The molecule has 2 rings (SSSR count). The highest BCUT2D eigenvalue weighted by molar-refractivity contribution is 6.30. The average molecular weight is 296 g/mol. The van der Waals surface area contributed by atoms with Gasteiger partial charge in [-0.25, -0.2) is 0 Å². The fourth-order valence-corrected chi connectivity index (χ4v) is 3.24. The van der Waals surface area contributed by atoms with Gasteiger partial charge in [-0.1, -0.05) is 31.4 Å². The SMILES string of the molecule is CC1CCCC(CN(CC(=O)O)c2ccc(Cl)cc2)C1. The molecule has 0 bridgehead atoms. The number of rotatable bonds is 5. The van der Waals surface area contributed by atoms with Crippen LogP contribution < -0.4 is 4.90 Å². The first-order valence-electron chi connectivity index (χ1n) is 7.27. The highest BCUT2D eigenvalue weighted by Gasteiger charge is 2.22. The second-order valence-corrected chi connectivity index (χ2v) is 6.32. The zero-order valence-corrected chi connectivity index (χ0v) is 12.6. The maximum absolute atomic E-state index is 11.1. The van der Waals surface area contributed by atoms with Gasteiger partial charge in [-0.15, -0.1) is 0 Å². The van der Waals surface area contributed by atoms with E-state index in [2.05, 4.69) is 6.92 Å². The summed E-state index contributed by atoms with van der Waals surface area (Å²) < 4.78 is 0. The van der Waals surface area contributed by atoms with Gasteiger partial charge in [-0.2, -0.15) is 0 Å². The minimum absolute atomic E-state index is 0.0481. The van der Waals surface area contributed by atoms with Gasteiger partial charge in [0.1, 0.15) is 6.54 Å². The molecule has 0 heterocycles. The third-order valence-electron chi connectivity index (χ3n) is 4.04. The number of anilines is 1. The Morgan fingerprint density at radius 2 is 2.05 bits per heavy atom. The second-order valence-electron chi connectivity index (χ2n) is 5.89. The summed E-state index contributed by atoms with van der Waals surface area (Å²) in [6.45, 7) is 3.15. The summed E-state index contributed by atoms with van der Waals surface area (Å²) in [4.78, 5) is 13.0. The molecule has 110 valence electrons. The van der Waals surface area contributed by atoms with Gasteiger partial charge in [-0.3, -0.25) is 4.79 Å². The van der Waals surface area contributed by atoms with Crippen molar-refractivity contribution in [2.45, 2.75) is 32.6 Å². The van der Waals surface area contributed by atoms with E-state index in [-0.39, 0.29) is 6.54 Å². The van der Waals surface area contributed by atoms with Crippen molar-refractivity contribution in [2.24, 2.45) is 11.8 Å². The Morgan fingerprint density at radius 3 is 2.65 bits per heavy atom. The number of carboxylic acids is 1. The van der Waals surface area contributed by atoms with Crippen LogP contribution in [-0.4, -0.2) is 24.2 Å². The summed E-state index contributed by atoms with van der Waals surface area (Å²) in [7, 11) is 0. The number of halogens is 1. The molecule has 3 nitrogen and oxygen atoms in total. The van der Waals surface area contributed by atoms with E-state index < -0.39 is 5.97 Å². The van der Waals surface area contributed by atoms with Crippen LogP contribution in [0.25, 0.3) is 0 Å². The minimum atomic E-state index is -0.788. The maximum Gasteiger partial charge on any atom is 0.323 e. The predicted molar refractivity (Wildman–Crippen MR) is 82.4 cm³/mol. The molecular weight excluding hydrogens is 274 g/mol. The molecule has 1 N–H and O–H groups in total. The van der Waals surface area contributed by atoms with Crippen molar-refractivity contribution in [1.29, 1.82) is 0 Å². The molecule has 20 heavy (non-hydrogen) atoms. The number of nitrogens with zero attached hydrogens (tertiary/aromatic N) is 1. The van der Waals surface area contributed by atoms with Crippen molar-refractivity contribution >= 4 is 23.3 Å². The van der Waals surface area contributed by atoms with Crippen LogP contribution in [0.15, 0.2) is 24.3 Å². The number of aliphatic carboxylic acids is 1. The van der Waals surface area contributed by atoms with Crippen LogP contribution in [0.3, 0.4) is 0 Å². The van der Waals surface area contributed by atoms with E-state index in [0.717, 1.165) is 18.2 Å². The van der Waals surface area contributed by atoms with E-state index in [1.54, 1.807) is 0 Å². The van der Waals surface area contributed by atoms with E-state index in [9.17, 15) is 4.79 Å². The Hall–Kier alpha value is -1.22. The lowest BCUT2D eigenvalue weighted by Crippen LogP contribution is -2.35. The smallest absolute Gasteiger partial charge is 0.323 e. The molecule has 4 heteroatoms. The molecule has 0 aliphatic heterocycles. The summed E-state index contributed by atoms with van der Waals surface area (Å²) in [5, 5.41) is 9.79. The van der Waals surface area contributed by atoms with E-state index in [1.807, 2.05) is 29.2 Å². The Morgan fingerprint density at radius 1 is 1.35 bits per heavy atom. The van der Waals surface area contributed by atoms with E-state index in [4.69, 9.17) is 16.7 Å². The van der Waals surface area contributed by atoms with Gasteiger partial charge < -0.3 is 10.0 Å². The number of hydrogen-bond acceptors (Lipinski definition) is 2. The van der Waals surface area contributed by atoms with Gasteiger partial charge in [0.25, 0.3) is 0 Å². The molecular formula is C16H22ClNO2. The molecule has 1 fully saturated rings. The van der Waals surface area contributed by atoms with Crippen molar-refractivity contribution in [3.05, 3.63) is 29.3 Å². The lowest BCUT2D eigenvalue weighted by atomic mass is 9.82. The van der Waals surface area contributed by atoms with Crippen molar-refractivity contribution in [3.8, 4) is 0 Å². The van der Waals surface area contributed by atoms with Gasteiger partial charge in [-0.05, 0) is 48.9 Å². The predicted octanol–water partition coefficient (Wildman–Crippen LogP) is 4.06. The molecule has 1 saturated carbocycles. The minimum Gasteiger partial charge on any atom is -0.480 e. The zero-order chi connectivity index (χ0) is 14.5. The lowest BCUT2D eigenvalue weighted by molar-refractivity contribution is -0.135. The van der Waals surface area contributed by atoms with Crippen molar-refractivity contribution in [1.82, 2.24) is 0 Å². The van der Waals surface area contributed by atoms with E-state index >= 15 is 0 Å². The first-order valence-corrected chi connectivity index (χ1v) is 7.64. The van der Waals surface area contributed by atoms with Crippen LogP contribution in [0.4, 0.5) is 5.69 Å². The number of carboxylic acid groups (broad SMARTS) is 1. The summed E-state index contributed by atoms with van der Waals surface area (Å²) in [5.41, 5.74) is 0.940. The fraction of sp³-hybridized carbons (Fsp3) is 0.562. The van der Waals surface area contributed by atoms with Gasteiger partial charge in [0.2, 0.25) is 0 Å². The summed E-state index contributed by atoms with van der Waals surface area (Å²) in [6.07, 6.45) is 4.96. The van der Waals surface area contributed by atoms with Crippen molar-refractivity contribution in [2.75, 3.05) is 18.0 Å². The number of hydrogen-bond donors (Lipinski definition) is 1. The first kappa shape index (κ1) is 15.2. The Kier molecular flexibility index (Phi) is 5.30. The van der Waals surface area contributed by atoms with Gasteiger partial charge >= 0.3 is 5.97 Å². The highest BCUT2D eigenvalue weighted by atomic mass is 35.5. The Bertz CT molecular complexity index is 446. The van der Waals surface area contributed by atoms with Crippen LogP contribution in [0.5, 0.6) is 0 Å². The molecule has 1 aliphatic rings. The molecule has 2 atom stereocenters. The monoisotopic (exact) mass is 295 g/mol. The van der Waals surface area contributed by atoms with Crippen molar-refractivity contribution in [3.63, 3.8) is 0 Å². The van der Waals surface area contributed by atoms with Crippen LogP contribution in [-0.2, 0) is 4.79 Å². The fourth-order valence-electron chi connectivity index (χ4n) is 3.11. The molecule has 1 aromatic rings. The lowest BCUT2D eigenvalue weighted by Gasteiger charge is -2.32. The molecule has 0 radical (unpaired) electrons. The molecule has 1 aliphatic carbocycles. The summed E-state index contributed by atoms with van der Waals surface area (Å²) in [6, 6.07) is 7.43. The van der Waals surface area contributed by atoms with E-state index in [1.165, 1.54) is 25.7 Å². The van der Waals surface area contributed by atoms with Crippen LogP contribution in [0.2, 0.25) is 5.02 Å².